The normalized spacial score (nSPS) is 15.6. The van der Waals surface area contributed by atoms with E-state index < -0.39 is 17.9 Å². The molecule has 8 heteroatoms. The van der Waals surface area contributed by atoms with Crippen molar-refractivity contribution < 1.29 is 18.8 Å². The quantitative estimate of drug-likeness (QED) is 0.166. The maximum absolute atomic E-state index is 13.7. The van der Waals surface area contributed by atoms with Crippen molar-refractivity contribution in [1.29, 1.82) is 0 Å². The highest BCUT2D eigenvalue weighted by molar-refractivity contribution is 6.33. The standard InChI is InChI=1S/C33H34ClN3O4/c1-2-26(30(38)33-36-27-15-9-10-16-28(27)41-33)35-32(40)29(22-11-5-3-4-6-12-22)37-31(39)23-19-17-21(18-20-23)24-13-7-8-14-25(24)34/h7-10,13-20,22,26,29H,2-6,11-12H2,1H3,(H,35,40)(H,37,39)/t26-,29-/m0/s1. The average Bonchev–Trinajstić information content (AvgIpc) is 3.25. The number of aromatic nitrogens is 1. The van der Waals surface area contributed by atoms with Crippen LogP contribution in [0.4, 0.5) is 0 Å². The van der Waals surface area contributed by atoms with Gasteiger partial charge < -0.3 is 15.1 Å². The van der Waals surface area contributed by atoms with Crippen LogP contribution in [-0.2, 0) is 4.79 Å². The first-order valence-electron chi connectivity index (χ1n) is 14.3. The monoisotopic (exact) mass is 571 g/mol. The molecule has 0 unspecified atom stereocenters. The number of rotatable bonds is 9. The molecule has 0 radical (unpaired) electrons. The summed E-state index contributed by atoms with van der Waals surface area (Å²) in [4.78, 5) is 44.7. The maximum atomic E-state index is 13.7. The number of benzene rings is 3. The van der Waals surface area contributed by atoms with Gasteiger partial charge in [-0.1, -0.05) is 86.7 Å². The Morgan fingerprint density at radius 3 is 2.27 bits per heavy atom. The van der Waals surface area contributed by atoms with Crippen LogP contribution in [0.2, 0.25) is 5.02 Å². The molecular formula is C33H34ClN3O4. The SMILES string of the molecule is CC[C@H](NC(=O)[C@@H](NC(=O)c1ccc(-c2ccccc2Cl)cc1)C1CCCCCC1)C(=O)c1nc2ccccc2o1. The summed E-state index contributed by atoms with van der Waals surface area (Å²) in [7, 11) is 0. The van der Waals surface area contributed by atoms with Crippen LogP contribution in [0, 0.1) is 5.92 Å². The van der Waals surface area contributed by atoms with E-state index in [9.17, 15) is 14.4 Å². The number of hydrogen-bond donors (Lipinski definition) is 2. The second-order valence-electron chi connectivity index (χ2n) is 10.6. The number of Topliss-reactive ketones (excluding diaryl/α,β-unsaturated/α-hetero) is 1. The Hall–Kier alpha value is -3.97. The lowest BCUT2D eigenvalue weighted by Crippen LogP contribution is -2.54. The molecule has 1 heterocycles. The largest absolute Gasteiger partial charge is 0.434 e. The summed E-state index contributed by atoms with van der Waals surface area (Å²) in [6, 6.07) is 20.3. The topological polar surface area (TPSA) is 101 Å². The first kappa shape index (κ1) is 28.6. The Balaban J connectivity index is 1.33. The van der Waals surface area contributed by atoms with E-state index in [1.165, 1.54) is 0 Å². The van der Waals surface area contributed by atoms with Crippen molar-refractivity contribution in [3.63, 3.8) is 0 Å². The van der Waals surface area contributed by atoms with E-state index in [-0.39, 0.29) is 23.6 Å². The van der Waals surface area contributed by atoms with Gasteiger partial charge in [-0.25, -0.2) is 4.98 Å². The summed E-state index contributed by atoms with van der Waals surface area (Å²) < 4.78 is 5.67. The predicted molar refractivity (Wildman–Crippen MR) is 160 cm³/mol. The Kier molecular flexibility index (Phi) is 9.14. The van der Waals surface area contributed by atoms with Gasteiger partial charge in [-0.2, -0.15) is 0 Å². The summed E-state index contributed by atoms with van der Waals surface area (Å²) in [6.07, 6.45) is 6.23. The zero-order valence-electron chi connectivity index (χ0n) is 23.1. The molecule has 0 bridgehead atoms. The first-order chi connectivity index (χ1) is 19.9. The molecule has 0 aliphatic heterocycles. The number of para-hydroxylation sites is 2. The number of hydrogen-bond acceptors (Lipinski definition) is 5. The number of fused-ring (bicyclic) bond motifs is 1. The number of amides is 2. The Morgan fingerprint density at radius 2 is 1.59 bits per heavy atom. The summed E-state index contributed by atoms with van der Waals surface area (Å²) >= 11 is 6.34. The Morgan fingerprint density at radius 1 is 0.902 bits per heavy atom. The lowest BCUT2D eigenvalue weighted by molar-refractivity contribution is -0.124. The van der Waals surface area contributed by atoms with E-state index in [2.05, 4.69) is 15.6 Å². The molecule has 41 heavy (non-hydrogen) atoms. The maximum Gasteiger partial charge on any atom is 0.266 e. The van der Waals surface area contributed by atoms with Gasteiger partial charge in [-0.05, 0) is 61.1 Å². The zero-order valence-corrected chi connectivity index (χ0v) is 23.8. The van der Waals surface area contributed by atoms with Crippen LogP contribution in [0.15, 0.2) is 77.2 Å². The number of carbonyl (C=O) groups excluding carboxylic acids is 3. The number of oxazole rings is 1. The molecule has 1 aliphatic rings. The molecule has 5 rings (SSSR count). The van der Waals surface area contributed by atoms with Crippen molar-refractivity contribution >= 4 is 40.3 Å². The Bertz CT molecular complexity index is 1490. The van der Waals surface area contributed by atoms with Crippen LogP contribution in [0.3, 0.4) is 0 Å². The third-order valence-electron chi connectivity index (χ3n) is 7.82. The van der Waals surface area contributed by atoms with Crippen molar-refractivity contribution in [3.05, 3.63) is 89.3 Å². The molecular weight excluding hydrogens is 538 g/mol. The highest BCUT2D eigenvalue weighted by Crippen LogP contribution is 2.29. The second kappa shape index (κ2) is 13.1. The van der Waals surface area contributed by atoms with Gasteiger partial charge in [0.15, 0.2) is 5.58 Å². The van der Waals surface area contributed by atoms with Gasteiger partial charge in [0.05, 0.1) is 6.04 Å². The van der Waals surface area contributed by atoms with E-state index in [1.54, 1.807) is 24.3 Å². The minimum atomic E-state index is -0.823. The molecule has 2 N–H and O–H groups in total. The van der Waals surface area contributed by atoms with Crippen molar-refractivity contribution in [2.75, 3.05) is 0 Å². The fraction of sp³-hybridized carbons (Fsp3) is 0.333. The highest BCUT2D eigenvalue weighted by atomic mass is 35.5. The van der Waals surface area contributed by atoms with Crippen molar-refractivity contribution in [3.8, 4) is 11.1 Å². The molecule has 2 atom stereocenters. The third-order valence-corrected chi connectivity index (χ3v) is 8.15. The first-order valence-corrected chi connectivity index (χ1v) is 14.7. The van der Waals surface area contributed by atoms with Gasteiger partial charge >= 0.3 is 0 Å². The number of nitrogens with zero attached hydrogens (tertiary/aromatic N) is 1. The van der Waals surface area contributed by atoms with Crippen LogP contribution in [0.5, 0.6) is 0 Å². The molecule has 3 aromatic carbocycles. The van der Waals surface area contributed by atoms with Gasteiger partial charge in [0, 0.05) is 16.1 Å². The van der Waals surface area contributed by atoms with Crippen molar-refractivity contribution in [1.82, 2.24) is 15.6 Å². The molecule has 1 aliphatic carbocycles. The molecule has 0 spiro atoms. The second-order valence-corrected chi connectivity index (χ2v) is 11.0. The summed E-state index contributed by atoms with van der Waals surface area (Å²) in [5.74, 6) is -1.15. The highest BCUT2D eigenvalue weighted by Gasteiger charge is 2.34. The molecule has 1 saturated carbocycles. The number of nitrogens with one attached hydrogen (secondary N) is 2. The smallest absolute Gasteiger partial charge is 0.266 e. The van der Waals surface area contributed by atoms with Crippen LogP contribution in [-0.4, -0.2) is 34.7 Å². The molecule has 212 valence electrons. The van der Waals surface area contributed by atoms with Crippen molar-refractivity contribution in [2.24, 2.45) is 5.92 Å². The number of halogens is 1. The number of ketones is 1. The van der Waals surface area contributed by atoms with Gasteiger partial charge in [0.1, 0.15) is 11.6 Å². The van der Waals surface area contributed by atoms with E-state index in [4.69, 9.17) is 16.0 Å². The average molecular weight is 572 g/mol. The van der Waals surface area contributed by atoms with Crippen molar-refractivity contribution in [2.45, 2.75) is 64.0 Å². The van der Waals surface area contributed by atoms with Gasteiger partial charge in [-0.15, -0.1) is 0 Å². The van der Waals surface area contributed by atoms with Gasteiger partial charge in [0.25, 0.3) is 11.8 Å². The minimum Gasteiger partial charge on any atom is -0.434 e. The van der Waals surface area contributed by atoms with Crippen LogP contribution >= 0.6 is 11.6 Å². The molecule has 0 saturated heterocycles. The molecule has 1 fully saturated rings. The lowest BCUT2D eigenvalue weighted by Gasteiger charge is -2.28. The van der Waals surface area contributed by atoms with E-state index in [0.29, 0.717) is 28.1 Å². The molecule has 7 nitrogen and oxygen atoms in total. The zero-order chi connectivity index (χ0) is 28.8. The third kappa shape index (κ3) is 6.68. The van der Waals surface area contributed by atoms with Gasteiger partial charge in [0.2, 0.25) is 11.7 Å². The van der Waals surface area contributed by atoms with Crippen LogP contribution in [0.25, 0.3) is 22.2 Å². The Labute approximate surface area is 244 Å². The van der Waals surface area contributed by atoms with E-state index >= 15 is 0 Å². The minimum absolute atomic E-state index is 0.0271. The number of carbonyl (C=O) groups is 3. The molecule has 4 aromatic rings. The van der Waals surface area contributed by atoms with Crippen LogP contribution < -0.4 is 10.6 Å². The fourth-order valence-electron chi connectivity index (χ4n) is 5.50. The molecule has 1 aromatic heterocycles. The summed E-state index contributed by atoms with van der Waals surface area (Å²) in [6.45, 7) is 1.82. The van der Waals surface area contributed by atoms with E-state index in [0.717, 1.165) is 49.7 Å². The fourth-order valence-corrected chi connectivity index (χ4v) is 5.75. The van der Waals surface area contributed by atoms with Gasteiger partial charge in [-0.3, -0.25) is 14.4 Å². The van der Waals surface area contributed by atoms with E-state index in [1.807, 2.05) is 55.5 Å². The molecule has 2 amide bonds. The summed E-state index contributed by atoms with van der Waals surface area (Å²) in [5, 5.41) is 6.54. The predicted octanol–water partition coefficient (Wildman–Crippen LogP) is 6.99. The summed E-state index contributed by atoms with van der Waals surface area (Å²) in [5.41, 5.74) is 3.32. The lowest BCUT2D eigenvalue weighted by atomic mass is 9.90. The van der Waals surface area contributed by atoms with Crippen LogP contribution in [0.1, 0.15) is 72.9 Å².